The molecule has 8 N–H and O–H groups in total. The van der Waals surface area contributed by atoms with E-state index >= 15 is 0 Å². The minimum Gasteiger partial charge on any atom is -0.398 e. The van der Waals surface area contributed by atoms with Crippen LogP contribution in [0.15, 0.2) is 72.8 Å². The highest BCUT2D eigenvalue weighted by molar-refractivity contribution is 6.00. The van der Waals surface area contributed by atoms with Gasteiger partial charge in [-0.3, -0.25) is 0 Å². The Balaban J connectivity index is 0.000000141. The molecule has 0 aliphatic heterocycles. The lowest BCUT2D eigenvalue weighted by atomic mass is 10.1. The summed E-state index contributed by atoms with van der Waals surface area (Å²) in [7, 11) is 0. The van der Waals surface area contributed by atoms with Gasteiger partial charge in [0.05, 0.1) is 0 Å². The molecule has 0 saturated heterocycles. The van der Waals surface area contributed by atoms with Crippen LogP contribution in [0.4, 0.5) is 22.7 Å². The average Bonchev–Trinajstić information content (AvgIpc) is 2.60. The molecular formula is C20H20N4. The van der Waals surface area contributed by atoms with Gasteiger partial charge in [-0.15, -0.1) is 0 Å². The Morgan fingerprint density at radius 2 is 0.625 bits per heavy atom. The van der Waals surface area contributed by atoms with E-state index in [9.17, 15) is 0 Å². The minimum absolute atomic E-state index is 0.778. The van der Waals surface area contributed by atoms with Crippen molar-refractivity contribution in [1.82, 2.24) is 0 Å². The Hall–Kier alpha value is -3.40. The Morgan fingerprint density at radius 3 is 1.00 bits per heavy atom. The molecule has 0 saturated carbocycles. The smallest absolute Gasteiger partial charge is 0.0395 e. The molecule has 0 unspecified atom stereocenters. The van der Waals surface area contributed by atoms with E-state index < -0.39 is 0 Å². The lowest BCUT2D eigenvalue weighted by Gasteiger charge is -2.03. The number of nitrogens with two attached hydrogens (primary N) is 4. The number of hydrogen-bond donors (Lipinski definition) is 4. The summed E-state index contributed by atoms with van der Waals surface area (Å²) < 4.78 is 0. The fourth-order valence-corrected chi connectivity index (χ4v) is 2.70. The zero-order valence-corrected chi connectivity index (χ0v) is 13.2. The third-order valence-corrected chi connectivity index (χ3v) is 3.98. The molecule has 4 aromatic carbocycles. The largest absolute Gasteiger partial charge is 0.398 e. The van der Waals surface area contributed by atoms with Crippen LogP contribution in [0.3, 0.4) is 0 Å². The second kappa shape index (κ2) is 6.38. The SMILES string of the molecule is Nc1ccc(N)c2ccccc12.Nc1cccc2c(N)cccc12. The van der Waals surface area contributed by atoms with Crippen molar-refractivity contribution >= 4 is 44.3 Å². The third kappa shape index (κ3) is 2.90. The maximum Gasteiger partial charge on any atom is 0.0395 e. The van der Waals surface area contributed by atoms with E-state index in [4.69, 9.17) is 22.9 Å². The topological polar surface area (TPSA) is 104 Å². The summed E-state index contributed by atoms with van der Waals surface area (Å²) in [6, 6.07) is 23.0. The molecule has 0 heterocycles. The average molecular weight is 316 g/mol. The molecule has 0 bridgehead atoms. The maximum absolute atomic E-state index is 5.77. The van der Waals surface area contributed by atoms with Gasteiger partial charge in [-0.05, 0) is 24.3 Å². The summed E-state index contributed by atoms with van der Waals surface area (Å²) in [6.45, 7) is 0. The van der Waals surface area contributed by atoms with Crippen LogP contribution in [0, 0.1) is 0 Å². The van der Waals surface area contributed by atoms with Crippen LogP contribution in [0.2, 0.25) is 0 Å². The summed E-state index contributed by atoms with van der Waals surface area (Å²) in [6.07, 6.45) is 0. The fraction of sp³-hybridized carbons (Fsp3) is 0. The molecule has 0 fully saturated rings. The van der Waals surface area contributed by atoms with Crippen molar-refractivity contribution < 1.29 is 0 Å². The van der Waals surface area contributed by atoms with E-state index in [0.717, 1.165) is 44.3 Å². The summed E-state index contributed by atoms with van der Waals surface area (Å²) in [4.78, 5) is 0. The summed E-state index contributed by atoms with van der Waals surface area (Å²) >= 11 is 0. The highest BCUT2D eigenvalue weighted by atomic mass is 14.6. The molecular weight excluding hydrogens is 296 g/mol. The lowest BCUT2D eigenvalue weighted by molar-refractivity contribution is 1.71. The summed E-state index contributed by atoms with van der Waals surface area (Å²) in [5.41, 5.74) is 26.2. The van der Waals surface area contributed by atoms with Crippen LogP contribution in [-0.2, 0) is 0 Å². The molecule has 4 heteroatoms. The highest BCUT2D eigenvalue weighted by Gasteiger charge is 1.99. The van der Waals surface area contributed by atoms with E-state index in [2.05, 4.69) is 0 Å². The maximum atomic E-state index is 5.77. The van der Waals surface area contributed by atoms with Gasteiger partial charge in [0.2, 0.25) is 0 Å². The van der Waals surface area contributed by atoms with Crippen LogP contribution in [-0.4, -0.2) is 0 Å². The van der Waals surface area contributed by atoms with Gasteiger partial charge < -0.3 is 22.9 Å². The van der Waals surface area contributed by atoms with Crippen molar-refractivity contribution in [2.75, 3.05) is 22.9 Å². The number of benzene rings is 4. The van der Waals surface area contributed by atoms with E-state index in [1.165, 1.54) is 0 Å². The van der Waals surface area contributed by atoms with Crippen LogP contribution < -0.4 is 22.9 Å². The van der Waals surface area contributed by atoms with Gasteiger partial charge >= 0.3 is 0 Å². The normalized spacial score (nSPS) is 10.3. The van der Waals surface area contributed by atoms with Crippen molar-refractivity contribution in [3.05, 3.63) is 72.8 Å². The standard InChI is InChI=1S/2C10H10N2/c11-9-5-1-3-7-8(9)4-2-6-10(7)12;11-9-5-6-10(12)8-4-2-1-3-7(8)9/h2*1-6H,11-12H2. The Morgan fingerprint density at radius 1 is 0.333 bits per heavy atom. The quantitative estimate of drug-likeness (QED) is 0.368. The molecule has 0 atom stereocenters. The molecule has 0 aliphatic carbocycles. The number of rotatable bonds is 0. The van der Waals surface area contributed by atoms with E-state index in [1.807, 2.05) is 72.8 Å². The monoisotopic (exact) mass is 316 g/mol. The molecule has 4 aromatic rings. The van der Waals surface area contributed by atoms with Crippen LogP contribution in [0.5, 0.6) is 0 Å². The van der Waals surface area contributed by atoms with Crippen molar-refractivity contribution in [1.29, 1.82) is 0 Å². The van der Waals surface area contributed by atoms with Gasteiger partial charge in [-0.2, -0.15) is 0 Å². The first-order valence-electron chi connectivity index (χ1n) is 7.63. The van der Waals surface area contributed by atoms with Gasteiger partial charge in [0.1, 0.15) is 0 Å². The molecule has 0 spiro atoms. The summed E-state index contributed by atoms with van der Waals surface area (Å²) in [5, 5.41) is 4.10. The first-order valence-corrected chi connectivity index (χ1v) is 7.63. The minimum atomic E-state index is 0.778. The molecule has 0 amide bonds. The number of anilines is 4. The van der Waals surface area contributed by atoms with Crippen molar-refractivity contribution in [2.24, 2.45) is 0 Å². The zero-order chi connectivity index (χ0) is 17.1. The molecule has 0 aromatic heterocycles. The predicted octanol–water partition coefficient (Wildman–Crippen LogP) is 4.01. The van der Waals surface area contributed by atoms with Crippen molar-refractivity contribution in [3.8, 4) is 0 Å². The highest BCUT2D eigenvalue weighted by Crippen LogP contribution is 2.26. The second-order valence-electron chi connectivity index (χ2n) is 5.58. The second-order valence-corrected chi connectivity index (χ2v) is 5.58. The molecule has 24 heavy (non-hydrogen) atoms. The number of hydrogen-bond acceptors (Lipinski definition) is 4. The number of nitrogen functional groups attached to an aromatic ring is 4. The predicted molar refractivity (Wildman–Crippen MR) is 106 cm³/mol. The molecule has 120 valence electrons. The first kappa shape index (κ1) is 15.5. The number of fused-ring (bicyclic) bond motifs is 2. The third-order valence-electron chi connectivity index (χ3n) is 3.98. The summed E-state index contributed by atoms with van der Waals surface area (Å²) in [5.74, 6) is 0. The van der Waals surface area contributed by atoms with Crippen LogP contribution >= 0.6 is 0 Å². The first-order chi connectivity index (χ1) is 11.6. The van der Waals surface area contributed by atoms with E-state index in [-0.39, 0.29) is 0 Å². The van der Waals surface area contributed by atoms with Gasteiger partial charge in [-0.25, -0.2) is 0 Å². The van der Waals surface area contributed by atoms with Gasteiger partial charge in [0, 0.05) is 44.3 Å². The Kier molecular flexibility index (Phi) is 4.12. The van der Waals surface area contributed by atoms with E-state index in [0.29, 0.717) is 0 Å². The molecule has 0 radical (unpaired) electrons. The molecule has 4 rings (SSSR count). The van der Waals surface area contributed by atoms with Crippen LogP contribution in [0.25, 0.3) is 21.5 Å². The van der Waals surface area contributed by atoms with Gasteiger partial charge in [-0.1, -0.05) is 48.5 Å². The van der Waals surface area contributed by atoms with Crippen molar-refractivity contribution in [2.45, 2.75) is 0 Å². The zero-order valence-electron chi connectivity index (χ0n) is 13.2. The van der Waals surface area contributed by atoms with E-state index in [1.54, 1.807) is 0 Å². The Labute approximate surface area is 140 Å². The van der Waals surface area contributed by atoms with Crippen molar-refractivity contribution in [3.63, 3.8) is 0 Å². The molecule has 4 nitrogen and oxygen atoms in total. The Bertz CT molecular complexity index is 890. The fourth-order valence-electron chi connectivity index (χ4n) is 2.70. The van der Waals surface area contributed by atoms with Crippen LogP contribution in [0.1, 0.15) is 0 Å². The molecule has 0 aliphatic rings. The lowest BCUT2D eigenvalue weighted by Crippen LogP contribution is -1.91. The van der Waals surface area contributed by atoms with Gasteiger partial charge in [0.25, 0.3) is 0 Å². The van der Waals surface area contributed by atoms with Gasteiger partial charge in [0.15, 0.2) is 0 Å².